The first-order chi connectivity index (χ1) is 16.5. The Labute approximate surface area is 196 Å². The number of rotatable bonds is 7. The van der Waals surface area contributed by atoms with Gasteiger partial charge in [-0.15, -0.1) is 0 Å². The molecular weight excluding hydrogens is 438 g/mol. The highest BCUT2D eigenvalue weighted by atomic mass is 16.5. The number of aromatic nitrogens is 2. The normalized spacial score (nSPS) is 17.0. The summed E-state index contributed by atoms with van der Waals surface area (Å²) in [4.78, 5) is 35.8. The molecule has 1 fully saturated rings. The Morgan fingerprint density at radius 3 is 2.21 bits per heavy atom. The first-order valence-electron chi connectivity index (χ1n) is 10.4. The van der Waals surface area contributed by atoms with Gasteiger partial charge in [0.1, 0.15) is 5.76 Å². The Morgan fingerprint density at radius 2 is 1.65 bits per heavy atom. The number of pyridine rings is 2. The molecule has 1 atom stereocenters. The number of aliphatic hydroxyl groups is 1. The van der Waals surface area contributed by atoms with Gasteiger partial charge in [-0.05, 0) is 41.5 Å². The lowest BCUT2D eigenvalue weighted by Crippen LogP contribution is -2.29. The second kappa shape index (κ2) is 9.62. The van der Waals surface area contributed by atoms with Gasteiger partial charge in [0.05, 0.1) is 32.9 Å². The van der Waals surface area contributed by atoms with Crippen LogP contribution in [0.2, 0.25) is 0 Å². The van der Waals surface area contributed by atoms with Gasteiger partial charge >= 0.3 is 0 Å². The highest BCUT2D eigenvalue weighted by molar-refractivity contribution is 6.46. The molecule has 34 heavy (non-hydrogen) atoms. The lowest BCUT2D eigenvalue weighted by Gasteiger charge is -2.26. The average molecular weight is 461 g/mol. The van der Waals surface area contributed by atoms with E-state index in [0.29, 0.717) is 28.4 Å². The number of amides is 1. The van der Waals surface area contributed by atoms with Gasteiger partial charge in [-0.2, -0.15) is 0 Å². The molecular formula is C25H23N3O6. The molecule has 174 valence electrons. The van der Waals surface area contributed by atoms with Crippen molar-refractivity contribution in [2.24, 2.45) is 0 Å². The Kier molecular flexibility index (Phi) is 6.44. The molecule has 3 aromatic rings. The van der Waals surface area contributed by atoms with Crippen LogP contribution >= 0.6 is 0 Å². The van der Waals surface area contributed by atoms with Crippen molar-refractivity contribution in [3.05, 3.63) is 83.4 Å². The third-order valence-electron chi connectivity index (χ3n) is 5.57. The predicted octanol–water partition coefficient (Wildman–Crippen LogP) is 3.12. The molecule has 1 saturated heterocycles. The van der Waals surface area contributed by atoms with Crippen LogP contribution in [-0.4, -0.2) is 53.0 Å². The van der Waals surface area contributed by atoms with Crippen molar-refractivity contribution in [2.75, 3.05) is 21.3 Å². The lowest BCUT2D eigenvalue weighted by molar-refractivity contribution is -0.140. The average Bonchev–Trinajstić information content (AvgIpc) is 3.13. The fraction of sp³-hybridized carbons (Fsp3) is 0.200. The molecule has 0 aliphatic carbocycles. The summed E-state index contributed by atoms with van der Waals surface area (Å²) in [7, 11) is 4.44. The number of ether oxygens (including phenoxy) is 3. The summed E-state index contributed by atoms with van der Waals surface area (Å²) in [6, 6.07) is 9.09. The van der Waals surface area contributed by atoms with Crippen LogP contribution < -0.4 is 14.2 Å². The van der Waals surface area contributed by atoms with Crippen LogP contribution in [0, 0.1) is 0 Å². The Bertz CT molecular complexity index is 1220. The molecule has 9 nitrogen and oxygen atoms in total. The molecule has 0 bridgehead atoms. The first-order valence-corrected chi connectivity index (χ1v) is 10.4. The van der Waals surface area contributed by atoms with Crippen molar-refractivity contribution in [2.45, 2.75) is 12.6 Å². The van der Waals surface area contributed by atoms with E-state index in [-0.39, 0.29) is 17.9 Å². The lowest BCUT2D eigenvalue weighted by atomic mass is 9.94. The van der Waals surface area contributed by atoms with Gasteiger partial charge in [-0.1, -0.05) is 6.07 Å². The number of methoxy groups -OCH3 is 3. The number of likely N-dealkylation sites (tertiary alicyclic amines) is 1. The molecule has 1 aromatic carbocycles. The summed E-state index contributed by atoms with van der Waals surface area (Å²) in [5.41, 5.74) is 1.56. The van der Waals surface area contributed by atoms with Crippen LogP contribution in [0.5, 0.6) is 17.2 Å². The van der Waals surface area contributed by atoms with E-state index < -0.39 is 17.7 Å². The monoisotopic (exact) mass is 461 g/mol. The highest BCUT2D eigenvalue weighted by Gasteiger charge is 2.46. The third kappa shape index (κ3) is 4.03. The fourth-order valence-corrected chi connectivity index (χ4v) is 4.00. The van der Waals surface area contributed by atoms with E-state index in [1.807, 2.05) is 0 Å². The van der Waals surface area contributed by atoms with Crippen molar-refractivity contribution in [1.29, 1.82) is 0 Å². The van der Waals surface area contributed by atoms with E-state index in [9.17, 15) is 14.7 Å². The summed E-state index contributed by atoms with van der Waals surface area (Å²) < 4.78 is 16.4. The summed E-state index contributed by atoms with van der Waals surface area (Å²) in [6.45, 7) is 0.104. The molecule has 1 N–H and O–H groups in total. The zero-order chi connectivity index (χ0) is 24.2. The number of Topliss-reactive ketones (excluding diaryl/α,β-unsaturated/α-hetero) is 1. The van der Waals surface area contributed by atoms with Crippen LogP contribution in [0.4, 0.5) is 0 Å². The van der Waals surface area contributed by atoms with Crippen molar-refractivity contribution < 1.29 is 28.9 Å². The molecule has 1 aliphatic rings. The van der Waals surface area contributed by atoms with E-state index in [2.05, 4.69) is 9.97 Å². The molecule has 4 rings (SSSR count). The minimum atomic E-state index is -0.915. The number of carbonyl (C=O) groups is 2. The smallest absolute Gasteiger partial charge is 0.295 e. The predicted molar refractivity (Wildman–Crippen MR) is 122 cm³/mol. The van der Waals surface area contributed by atoms with E-state index in [0.717, 1.165) is 5.56 Å². The number of carbonyl (C=O) groups excluding carboxylic acids is 2. The largest absolute Gasteiger partial charge is 0.507 e. The van der Waals surface area contributed by atoms with Gasteiger partial charge in [0.25, 0.3) is 11.7 Å². The van der Waals surface area contributed by atoms with Crippen LogP contribution in [0.3, 0.4) is 0 Å². The maximum atomic E-state index is 13.2. The van der Waals surface area contributed by atoms with E-state index in [1.165, 1.54) is 38.6 Å². The molecule has 0 radical (unpaired) electrons. The summed E-state index contributed by atoms with van der Waals surface area (Å²) >= 11 is 0. The summed E-state index contributed by atoms with van der Waals surface area (Å²) in [6.07, 6.45) is 6.23. The van der Waals surface area contributed by atoms with Gasteiger partial charge in [0.2, 0.25) is 5.75 Å². The molecule has 1 unspecified atom stereocenters. The van der Waals surface area contributed by atoms with Crippen LogP contribution in [0.25, 0.3) is 5.76 Å². The molecule has 1 aliphatic heterocycles. The van der Waals surface area contributed by atoms with Crippen molar-refractivity contribution in [1.82, 2.24) is 14.9 Å². The second-order valence-corrected chi connectivity index (χ2v) is 7.48. The van der Waals surface area contributed by atoms with E-state index in [4.69, 9.17) is 14.2 Å². The quantitative estimate of drug-likeness (QED) is 0.325. The molecule has 9 heteroatoms. The zero-order valence-corrected chi connectivity index (χ0v) is 18.9. The Morgan fingerprint density at radius 1 is 0.971 bits per heavy atom. The number of aliphatic hydroxyl groups excluding tert-OH is 1. The van der Waals surface area contributed by atoms with Crippen LogP contribution in [-0.2, 0) is 16.1 Å². The first kappa shape index (κ1) is 22.8. The van der Waals surface area contributed by atoms with E-state index >= 15 is 0 Å². The Balaban J connectivity index is 1.94. The number of benzene rings is 1. The maximum absolute atomic E-state index is 13.2. The number of hydrogen-bond acceptors (Lipinski definition) is 8. The van der Waals surface area contributed by atoms with Crippen LogP contribution in [0.15, 0.2) is 66.8 Å². The number of ketones is 1. The van der Waals surface area contributed by atoms with Gasteiger partial charge < -0.3 is 24.2 Å². The topological polar surface area (TPSA) is 111 Å². The second-order valence-electron chi connectivity index (χ2n) is 7.48. The molecule has 2 aromatic heterocycles. The van der Waals surface area contributed by atoms with Crippen LogP contribution in [0.1, 0.15) is 22.7 Å². The van der Waals surface area contributed by atoms with Gasteiger partial charge in [-0.3, -0.25) is 19.6 Å². The summed E-state index contributed by atoms with van der Waals surface area (Å²) in [5.74, 6) is -0.754. The van der Waals surface area contributed by atoms with Gasteiger partial charge in [-0.25, -0.2) is 0 Å². The molecule has 0 spiro atoms. The SMILES string of the molecule is COc1cc(C2C(=C(O)c3ccncc3)C(=O)C(=O)N2Cc2cccnc2)cc(OC)c1OC. The third-order valence-corrected chi connectivity index (χ3v) is 5.57. The highest BCUT2D eigenvalue weighted by Crippen LogP contribution is 2.46. The van der Waals surface area contributed by atoms with Crippen molar-refractivity contribution >= 4 is 17.4 Å². The molecule has 3 heterocycles. The number of hydrogen-bond donors (Lipinski definition) is 1. The minimum absolute atomic E-state index is 0.0469. The number of nitrogens with zero attached hydrogens (tertiary/aromatic N) is 3. The summed E-state index contributed by atoms with van der Waals surface area (Å²) in [5, 5.41) is 11.1. The van der Waals surface area contributed by atoms with Gasteiger partial charge in [0, 0.05) is 36.9 Å². The minimum Gasteiger partial charge on any atom is -0.507 e. The Hall–Kier alpha value is -4.40. The van der Waals surface area contributed by atoms with Crippen molar-refractivity contribution in [3.8, 4) is 17.2 Å². The van der Waals surface area contributed by atoms with Crippen molar-refractivity contribution in [3.63, 3.8) is 0 Å². The van der Waals surface area contributed by atoms with E-state index in [1.54, 1.807) is 48.8 Å². The maximum Gasteiger partial charge on any atom is 0.295 e. The van der Waals surface area contributed by atoms with Gasteiger partial charge in [0.15, 0.2) is 11.5 Å². The zero-order valence-electron chi connectivity index (χ0n) is 18.9. The molecule has 1 amide bonds. The molecule has 0 saturated carbocycles. The fourth-order valence-electron chi connectivity index (χ4n) is 4.00. The standard InChI is InChI=1S/C25H23N3O6/c1-32-18-11-17(12-19(33-2)24(18)34-3)21-20(22(29)16-6-9-26-10-7-16)23(30)25(31)28(21)14-15-5-4-8-27-13-15/h4-13,21,29H,14H2,1-3H3.